The van der Waals surface area contributed by atoms with Crippen LogP contribution >= 0.6 is 0 Å². The molecule has 1 aromatic heterocycles. The molecule has 1 aromatic carbocycles. The first-order valence-electron chi connectivity index (χ1n) is 6.62. The number of nitrogens with zero attached hydrogens (tertiary/aromatic N) is 5. The predicted octanol–water partition coefficient (Wildman–Crippen LogP) is 1.09. The van der Waals surface area contributed by atoms with Crippen molar-refractivity contribution >= 4 is 19.3 Å². The van der Waals surface area contributed by atoms with Gasteiger partial charge in [0.1, 0.15) is 29.9 Å². The molecule has 0 aliphatic carbocycles. The highest BCUT2D eigenvalue weighted by Gasteiger charge is 2.37. The molecule has 6 nitrogen and oxygen atoms in total. The van der Waals surface area contributed by atoms with Crippen molar-refractivity contribution < 1.29 is 13.9 Å². The van der Waals surface area contributed by atoms with E-state index in [1.54, 1.807) is 6.11 Å². The number of benzene rings is 1. The fraction of sp³-hybridized carbons (Fsp3) is 0.231. The van der Waals surface area contributed by atoms with Crippen molar-refractivity contribution in [3.63, 3.8) is 0 Å². The molecule has 112 valence electrons. The first-order valence-corrected chi connectivity index (χ1v) is 6.62. The standard InChI is InChI=1S/C13H12BF2N5O/c15-10-1-2-11(12(16)3-10)13(22,4-14-6-17-7-19-14)5-21-9-18-8-20-21/h1-3,6-9,22H,4-5H2. The van der Waals surface area contributed by atoms with Crippen LogP contribution in [0.1, 0.15) is 5.56 Å². The molecule has 0 spiro atoms. The maximum atomic E-state index is 14.1. The molecule has 0 saturated carbocycles. The van der Waals surface area contributed by atoms with Gasteiger partial charge in [-0.1, -0.05) is 6.07 Å². The summed E-state index contributed by atoms with van der Waals surface area (Å²) in [6, 6.07) is 3.09. The van der Waals surface area contributed by atoms with Crippen molar-refractivity contribution in [3.8, 4) is 0 Å². The van der Waals surface area contributed by atoms with Gasteiger partial charge in [-0.05, 0) is 12.4 Å². The van der Waals surface area contributed by atoms with Crippen LogP contribution in [-0.4, -0.2) is 39.2 Å². The van der Waals surface area contributed by atoms with Crippen LogP contribution in [0.5, 0.6) is 0 Å². The van der Waals surface area contributed by atoms with E-state index in [0.29, 0.717) is 0 Å². The van der Waals surface area contributed by atoms with Crippen molar-refractivity contribution in [2.24, 2.45) is 9.90 Å². The minimum Gasteiger partial charge on any atom is -0.384 e. The summed E-state index contributed by atoms with van der Waals surface area (Å²) in [6.45, 7) is -0.409. The van der Waals surface area contributed by atoms with E-state index in [1.165, 1.54) is 29.7 Å². The van der Waals surface area contributed by atoms with E-state index in [2.05, 4.69) is 20.0 Å². The van der Waals surface area contributed by atoms with Crippen LogP contribution in [0.15, 0.2) is 40.7 Å². The molecule has 3 rings (SSSR count). The highest BCUT2D eigenvalue weighted by Crippen LogP contribution is 2.31. The van der Waals surface area contributed by atoms with Crippen molar-refractivity contribution in [2.75, 3.05) is 0 Å². The Kier molecular flexibility index (Phi) is 3.80. The van der Waals surface area contributed by atoms with Crippen LogP contribution in [0.3, 0.4) is 0 Å². The lowest BCUT2D eigenvalue weighted by Gasteiger charge is -2.29. The fourth-order valence-corrected chi connectivity index (χ4v) is 2.46. The van der Waals surface area contributed by atoms with Crippen LogP contribution in [0.4, 0.5) is 8.78 Å². The summed E-state index contributed by atoms with van der Waals surface area (Å²) in [5.41, 5.74) is -1.64. The van der Waals surface area contributed by atoms with Gasteiger partial charge in [-0.25, -0.2) is 18.4 Å². The van der Waals surface area contributed by atoms with Crippen LogP contribution < -0.4 is 0 Å². The lowest BCUT2D eigenvalue weighted by molar-refractivity contribution is 0.0306. The monoisotopic (exact) mass is 303 g/mol. The van der Waals surface area contributed by atoms with E-state index < -0.39 is 17.2 Å². The van der Waals surface area contributed by atoms with Gasteiger partial charge in [-0.15, -0.1) is 0 Å². The largest absolute Gasteiger partial charge is 0.384 e. The van der Waals surface area contributed by atoms with Crippen LogP contribution in [-0.2, 0) is 12.1 Å². The number of hydrogen-bond acceptors (Lipinski definition) is 5. The predicted molar refractivity (Wildman–Crippen MR) is 77.8 cm³/mol. The molecule has 0 fully saturated rings. The molecule has 1 aliphatic heterocycles. The summed E-state index contributed by atoms with van der Waals surface area (Å²) in [5, 5.41) is 14.9. The van der Waals surface area contributed by atoms with Gasteiger partial charge in [0.25, 0.3) is 0 Å². The maximum absolute atomic E-state index is 14.1. The number of aliphatic hydroxyl groups is 1. The topological polar surface area (TPSA) is 75.7 Å². The minimum atomic E-state index is -1.62. The summed E-state index contributed by atoms with van der Waals surface area (Å²) in [4.78, 5) is 11.7. The minimum absolute atomic E-state index is 0.0140. The Morgan fingerprint density at radius 3 is 2.82 bits per heavy atom. The highest BCUT2D eigenvalue weighted by molar-refractivity contribution is 6.86. The third-order valence-corrected chi connectivity index (χ3v) is 3.45. The molecule has 0 bridgehead atoms. The van der Waals surface area contributed by atoms with Gasteiger partial charge >= 0.3 is 6.85 Å². The van der Waals surface area contributed by atoms with Gasteiger partial charge < -0.3 is 10.0 Å². The molecule has 1 unspecified atom stereocenters. The number of rotatable bonds is 5. The third kappa shape index (κ3) is 2.94. The average Bonchev–Trinajstić information content (AvgIpc) is 3.12. The zero-order valence-electron chi connectivity index (χ0n) is 11.5. The molecule has 0 radical (unpaired) electrons. The van der Waals surface area contributed by atoms with E-state index in [4.69, 9.17) is 0 Å². The smallest absolute Gasteiger partial charge is 0.328 e. The van der Waals surface area contributed by atoms with E-state index >= 15 is 0 Å². The molecule has 2 heterocycles. The maximum Gasteiger partial charge on any atom is 0.328 e. The van der Waals surface area contributed by atoms with Crippen LogP contribution in [0, 0.1) is 11.6 Å². The van der Waals surface area contributed by atoms with E-state index in [0.717, 1.165) is 12.1 Å². The Labute approximate surface area is 125 Å². The average molecular weight is 303 g/mol. The van der Waals surface area contributed by atoms with Gasteiger partial charge in [-0.3, -0.25) is 4.99 Å². The quantitative estimate of drug-likeness (QED) is 0.840. The first-order chi connectivity index (χ1) is 10.6. The van der Waals surface area contributed by atoms with Gasteiger partial charge in [-0.2, -0.15) is 5.10 Å². The normalized spacial score (nSPS) is 16.2. The molecular weight excluding hydrogens is 291 g/mol. The van der Waals surface area contributed by atoms with E-state index in [9.17, 15) is 13.9 Å². The molecule has 22 heavy (non-hydrogen) atoms. The Balaban J connectivity index is 1.97. The summed E-state index contributed by atoms with van der Waals surface area (Å²) < 4.78 is 28.6. The molecule has 9 heteroatoms. The summed E-state index contributed by atoms with van der Waals surface area (Å²) in [7, 11) is 0. The second kappa shape index (κ2) is 5.76. The zero-order valence-corrected chi connectivity index (χ0v) is 11.5. The summed E-state index contributed by atoms with van der Waals surface area (Å²) >= 11 is 0. The van der Waals surface area contributed by atoms with Crippen LogP contribution in [0.25, 0.3) is 0 Å². The molecule has 0 amide bonds. The van der Waals surface area contributed by atoms with Crippen molar-refractivity contribution in [1.29, 1.82) is 0 Å². The summed E-state index contributed by atoms with van der Waals surface area (Å²) in [5.74, 6) is -1.52. The Morgan fingerprint density at radius 2 is 2.18 bits per heavy atom. The van der Waals surface area contributed by atoms with E-state index in [1.807, 2.05) is 0 Å². The lowest BCUT2D eigenvalue weighted by Crippen LogP contribution is -2.37. The SMILES string of the molecule is OC(CB1C=NC=N1)(Cn1cncn1)c1ccc(F)cc1F. The second-order valence-corrected chi connectivity index (χ2v) is 5.08. The molecular formula is C13H12BF2N5O. The second-order valence-electron chi connectivity index (χ2n) is 5.08. The number of aliphatic imine (C=N–C) groups is 1. The number of hydrogen-bond donors (Lipinski definition) is 1. The molecule has 1 atom stereocenters. The van der Waals surface area contributed by atoms with Crippen molar-refractivity contribution in [3.05, 3.63) is 48.1 Å². The Hall–Kier alpha value is -2.42. The zero-order chi connectivity index (χ0) is 15.6. The van der Waals surface area contributed by atoms with E-state index in [-0.39, 0.29) is 25.3 Å². The molecule has 1 aliphatic rings. The Bertz CT molecular complexity index is 709. The van der Waals surface area contributed by atoms with Gasteiger partial charge in [0, 0.05) is 17.7 Å². The van der Waals surface area contributed by atoms with Crippen molar-refractivity contribution in [2.45, 2.75) is 18.5 Å². The highest BCUT2D eigenvalue weighted by atomic mass is 19.1. The molecule has 2 aromatic rings. The summed E-state index contributed by atoms with van der Waals surface area (Å²) in [6.07, 6.45) is 5.76. The van der Waals surface area contributed by atoms with Gasteiger partial charge in [0.15, 0.2) is 0 Å². The van der Waals surface area contributed by atoms with Gasteiger partial charge in [0.2, 0.25) is 0 Å². The third-order valence-electron chi connectivity index (χ3n) is 3.45. The van der Waals surface area contributed by atoms with Crippen molar-refractivity contribution in [1.82, 2.24) is 14.8 Å². The van der Waals surface area contributed by atoms with Gasteiger partial charge in [0.05, 0.1) is 12.9 Å². The first kappa shape index (κ1) is 14.5. The van der Waals surface area contributed by atoms with Crippen LogP contribution in [0.2, 0.25) is 6.32 Å². The fourth-order valence-electron chi connectivity index (χ4n) is 2.46. The lowest BCUT2D eigenvalue weighted by atomic mass is 9.56. The Morgan fingerprint density at radius 1 is 1.32 bits per heavy atom. The molecule has 0 saturated heterocycles. The number of aromatic nitrogens is 3. The molecule has 1 N–H and O–H groups in total. The number of halogens is 2.